The number of carbonyl (C=O) groups is 2. The van der Waals surface area contributed by atoms with Gasteiger partial charge in [0.05, 0.1) is 5.41 Å². The van der Waals surface area contributed by atoms with Gasteiger partial charge in [-0.3, -0.25) is 4.79 Å². The Balaban J connectivity index is 2.01. The number of amides is 2. The van der Waals surface area contributed by atoms with Crippen molar-refractivity contribution in [1.29, 1.82) is 0 Å². The molecule has 1 heterocycles. The van der Waals surface area contributed by atoms with E-state index >= 15 is 0 Å². The number of nitrogens with zero attached hydrogens (tertiary/aromatic N) is 1. The van der Waals surface area contributed by atoms with Gasteiger partial charge in [-0.1, -0.05) is 12.8 Å². The van der Waals surface area contributed by atoms with Crippen molar-refractivity contribution >= 4 is 12.0 Å². The maximum absolute atomic E-state index is 13.2. The lowest BCUT2D eigenvalue weighted by molar-refractivity contribution is -0.165. The highest BCUT2D eigenvalue weighted by molar-refractivity contribution is 5.79. The van der Waals surface area contributed by atoms with Gasteiger partial charge in [0.15, 0.2) is 0 Å². The maximum Gasteiger partial charge on any atom is 0.408 e. The van der Waals surface area contributed by atoms with E-state index in [9.17, 15) is 22.8 Å². The molecule has 0 aromatic rings. The summed E-state index contributed by atoms with van der Waals surface area (Å²) in [5, 5.41) is 11.2. The summed E-state index contributed by atoms with van der Waals surface area (Å²) in [7, 11) is 0. The maximum atomic E-state index is 13.2. The van der Waals surface area contributed by atoms with E-state index in [2.05, 4.69) is 5.32 Å². The smallest absolute Gasteiger partial charge is 0.408 e. The fraction of sp³-hybridized carbons (Fsp3) is 0.857. The van der Waals surface area contributed by atoms with Crippen molar-refractivity contribution < 1.29 is 27.9 Å². The first kappa shape index (κ1) is 16.9. The first-order valence-electron chi connectivity index (χ1n) is 7.49. The molecule has 2 atom stereocenters. The second-order valence-electron chi connectivity index (χ2n) is 6.55. The highest BCUT2D eigenvalue weighted by Gasteiger charge is 2.48. The molecular formula is C14H21F3N2O3. The molecule has 0 aromatic carbocycles. The van der Waals surface area contributed by atoms with Crippen molar-refractivity contribution in [2.24, 2.45) is 11.3 Å². The van der Waals surface area contributed by atoms with Gasteiger partial charge in [-0.05, 0) is 32.1 Å². The first-order chi connectivity index (χ1) is 10.1. The van der Waals surface area contributed by atoms with Gasteiger partial charge in [-0.15, -0.1) is 0 Å². The van der Waals surface area contributed by atoms with Crippen LogP contribution in [-0.2, 0) is 4.79 Å². The number of rotatable bonds is 3. The fourth-order valence-electron chi connectivity index (χ4n) is 3.29. The van der Waals surface area contributed by atoms with Gasteiger partial charge in [0.25, 0.3) is 0 Å². The fourth-order valence-corrected chi connectivity index (χ4v) is 3.29. The second kappa shape index (κ2) is 5.96. The van der Waals surface area contributed by atoms with E-state index in [0.29, 0.717) is 12.8 Å². The third kappa shape index (κ3) is 3.47. The molecule has 1 aliphatic heterocycles. The highest BCUT2D eigenvalue weighted by atomic mass is 19.4. The van der Waals surface area contributed by atoms with Gasteiger partial charge < -0.3 is 15.3 Å². The SMILES string of the molecule is CC1(C(=O)O)CCN(C(=O)NC(C2CCCC2)C(F)(F)F)C1. The van der Waals surface area contributed by atoms with Crippen LogP contribution in [0.25, 0.3) is 0 Å². The molecule has 0 radical (unpaired) electrons. The summed E-state index contributed by atoms with van der Waals surface area (Å²) < 4.78 is 39.5. The van der Waals surface area contributed by atoms with E-state index in [4.69, 9.17) is 5.11 Å². The summed E-state index contributed by atoms with van der Waals surface area (Å²) in [5.41, 5.74) is -1.08. The molecule has 2 aliphatic rings. The molecule has 1 aliphatic carbocycles. The van der Waals surface area contributed by atoms with Gasteiger partial charge in [0.2, 0.25) is 0 Å². The van der Waals surface area contributed by atoms with Crippen LogP contribution in [-0.4, -0.2) is 47.3 Å². The largest absolute Gasteiger partial charge is 0.481 e. The summed E-state index contributed by atoms with van der Waals surface area (Å²) >= 11 is 0. The third-order valence-electron chi connectivity index (χ3n) is 4.78. The number of carbonyl (C=O) groups excluding carboxylic acids is 1. The molecule has 126 valence electrons. The van der Waals surface area contributed by atoms with Gasteiger partial charge in [0.1, 0.15) is 6.04 Å². The number of carboxylic acid groups (broad SMARTS) is 1. The number of nitrogens with one attached hydrogen (secondary N) is 1. The summed E-state index contributed by atoms with van der Waals surface area (Å²) in [6.07, 6.45) is -1.84. The summed E-state index contributed by atoms with van der Waals surface area (Å²) in [4.78, 5) is 24.4. The monoisotopic (exact) mass is 322 g/mol. The molecule has 2 amide bonds. The Morgan fingerprint density at radius 2 is 1.91 bits per heavy atom. The van der Waals surface area contributed by atoms with Gasteiger partial charge in [0, 0.05) is 13.1 Å². The van der Waals surface area contributed by atoms with E-state index in [1.54, 1.807) is 0 Å². The molecule has 0 bridgehead atoms. The molecule has 22 heavy (non-hydrogen) atoms. The van der Waals surface area contributed by atoms with Gasteiger partial charge in [-0.2, -0.15) is 13.2 Å². The minimum atomic E-state index is -4.49. The summed E-state index contributed by atoms with van der Waals surface area (Å²) in [6.45, 7) is 1.59. The van der Waals surface area contributed by atoms with Crippen LogP contribution in [0.3, 0.4) is 0 Å². The Hall–Kier alpha value is -1.47. The zero-order valence-electron chi connectivity index (χ0n) is 12.4. The molecule has 1 saturated carbocycles. The number of aliphatic carboxylic acids is 1. The van der Waals surface area contributed by atoms with Crippen LogP contribution in [0.5, 0.6) is 0 Å². The van der Waals surface area contributed by atoms with Crippen molar-refractivity contribution in [1.82, 2.24) is 10.2 Å². The molecule has 2 unspecified atom stereocenters. The van der Waals surface area contributed by atoms with E-state index in [1.807, 2.05) is 0 Å². The zero-order chi connectivity index (χ0) is 16.5. The Bertz CT molecular complexity index is 449. The Labute approximate surface area is 126 Å². The molecule has 1 saturated heterocycles. The lowest BCUT2D eigenvalue weighted by Crippen LogP contribution is -2.53. The molecule has 0 aromatic heterocycles. The summed E-state index contributed by atoms with van der Waals surface area (Å²) in [5.74, 6) is -1.62. The summed E-state index contributed by atoms with van der Waals surface area (Å²) in [6, 6.07) is -2.67. The normalized spacial score (nSPS) is 27.9. The minimum Gasteiger partial charge on any atom is -0.481 e. The van der Waals surface area contributed by atoms with Crippen LogP contribution in [0.1, 0.15) is 39.0 Å². The average Bonchev–Trinajstić information content (AvgIpc) is 3.04. The Morgan fingerprint density at radius 1 is 1.32 bits per heavy atom. The molecule has 2 N–H and O–H groups in total. The van der Waals surface area contributed by atoms with Crippen molar-refractivity contribution in [3.05, 3.63) is 0 Å². The first-order valence-corrected chi connectivity index (χ1v) is 7.49. The zero-order valence-corrected chi connectivity index (χ0v) is 12.4. The third-order valence-corrected chi connectivity index (χ3v) is 4.78. The Morgan fingerprint density at radius 3 is 2.36 bits per heavy atom. The van der Waals surface area contributed by atoms with Crippen molar-refractivity contribution in [2.45, 2.75) is 51.2 Å². The predicted molar refractivity (Wildman–Crippen MR) is 72.3 cm³/mol. The lowest BCUT2D eigenvalue weighted by Gasteiger charge is -2.29. The number of hydrogen-bond donors (Lipinski definition) is 2. The average molecular weight is 322 g/mol. The van der Waals surface area contributed by atoms with Crippen LogP contribution in [0.4, 0.5) is 18.0 Å². The number of halogens is 3. The standard InChI is InChI=1S/C14H21F3N2O3/c1-13(11(20)21)6-7-19(8-13)12(22)18-10(14(15,16)17)9-4-2-3-5-9/h9-10H,2-8H2,1H3,(H,18,22)(H,20,21). The van der Waals surface area contributed by atoms with E-state index in [-0.39, 0.29) is 19.5 Å². The minimum absolute atomic E-state index is 0.0661. The van der Waals surface area contributed by atoms with E-state index in [1.165, 1.54) is 11.8 Å². The molecular weight excluding hydrogens is 301 g/mol. The molecule has 2 fully saturated rings. The van der Waals surface area contributed by atoms with E-state index < -0.39 is 35.6 Å². The quantitative estimate of drug-likeness (QED) is 0.839. The number of alkyl halides is 3. The van der Waals surface area contributed by atoms with Crippen LogP contribution < -0.4 is 5.32 Å². The van der Waals surface area contributed by atoms with Crippen molar-refractivity contribution in [3.63, 3.8) is 0 Å². The molecule has 0 spiro atoms. The highest BCUT2D eigenvalue weighted by Crippen LogP contribution is 2.36. The topological polar surface area (TPSA) is 69.6 Å². The van der Waals surface area contributed by atoms with Crippen LogP contribution in [0, 0.1) is 11.3 Å². The number of urea groups is 1. The molecule has 8 heteroatoms. The predicted octanol–water partition coefficient (Wildman–Crippen LogP) is 2.61. The number of likely N-dealkylation sites (tertiary alicyclic amines) is 1. The number of carboxylic acids is 1. The van der Waals surface area contributed by atoms with Crippen LogP contribution >= 0.6 is 0 Å². The Kier molecular flexibility index (Phi) is 4.58. The number of hydrogen-bond acceptors (Lipinski definition) is 2. The van der Waals surface area contributed by atoms with Crippen molar-refractivity contribution in [2.75, 3.05) is 13.1 Å². The van der Waals surface area contributed by atoms with Crippen molar-refractivity contribution in [3.8, 4) is 0 Å². The molecule has 5 nitrogen and oxygen atoms in total. The second-order valence-corrected chi connectivity index (χ2v) is 6.55. The van der Waals surface area contributed by atoms with Crippen LogP contribution in [0.15, 0.2) is 0 Å². The van der Waals surface area contributed by atoms with Crippen LogP contribution in [0.2, 0.25) is 0 Å². The molecule has 2 rings (SSSR count). The van der Waals surface area contributed by atoms with Gasteiger partial charge in [-0.25, -0.2) is 4.79 Å². The van der Waals surface area contributed by atoms with Gasteiger partial charge >= 0.3 is 18.2 Å². The van der Waals surface area contributed by atoms with E-state index in [0.717, 1.165) is 12.8 Å². The lowest BCUT2D eigenvalue weighted by atomic mass is 9.90.